The molecular weight excluding hydrogens is 441 g/mol. The molecule has 0 fully saturated rings. The van der Waals surface area contributed by atoms with Gasteiger partial charge in [0.25, 0.3) is 5.91 Å². The third-order valence-electron chi connectivity index (χ3n) is 5.09. The number of aromatic nitrogens is 2. The summed E-state index contributed by atoms with van der Waals surface area (Å²) in [5.74, 6) is 0.523. The molecule has 3 heterocycles. The summed E-state index contributed by atoms with van der Waals surface area (Å²) in [6.45, 7) is 0. The zero-order valence-corrected chi connectivity index (χ0v) is 18.0. The van der Waals surface area contributed by atoms with Crippen molar-refractivity contribution in [1.82, 2.24) is 9.38 Å². The lowest BCUT2D eigenvalue weighted by Gasteiger charge is -2.07. The number of nitrogens with zero attached hydrogens (tertiary/aromatic N) is 2. The second kappa shape index (κ2) is 8.18. The molecule has 0 spiro atoms. The van der Waals surface area contributed by atoms with Crippen molar-refractivity contribution < 1.29 is 23.6 Å². The van der Waals surface area contributed by atoms with Gasteiger partial charge in [-0.25, -0.2) is 4.98 Å². The molecule has 5 rings (SSSR count). The van der Waals surface area contributed by atoms with E-state index in [9.17, 15) is 19.1 Å². The first kappa shape index (κ1) is 20.9. The van der Waals surface area contributed by atoms with Crippen molar-refractivity contribution in [2.45, 2.75) is 0 Å². The van der Waals surface area contributed by atoms with Crippen molar-refractivity contribution in [3.8, 4) is 22.6 Å². The number of hydrogen-bond acceptors (Lipinski definition) is 4. The summed E-state index contributed by atoms with van der Waals surface area (Å²) in [6.07, 6.45) is 1.75. The van der Waals surface area contributed by atoms with E-state index in [1.165, 1.54) is 12.1 Å². The maximum atomic E-state index is 12.5. The number of carbonyl (C=O) groups excluding carboxylic acids is 1. The molecule has 164 valence electrons. The lowest BCUT2D eigenvalue weighted by atomic mass is 10.1. The van der Waals surface area contributed by atoms with Crippen LogP contribution >= 0.6 is 7.60 Å². The Hall–Kier alpha value is -3.97. The van der Waals surface area contributed by atoms with Crippen LogP contribution in [0, 0.1) is 0 Å². The molecule has 0 radical (unpaired) electrons. The average molecular weight is 459 g/mol. The van der Waals surface area contributed by atoms with Gasteiger partial charge in [-0.2, -0.15) is 0 Å². The van der Waals surface area contributed by atoms with E-state index in [1.807, 2.05) is 46.9 Å². The molecule has 1 amide bonds. The van der Waals surface area contributed by atoms with E-state index in [0.717, 1.165) is 11.3 Å². The number of imidazole rings is 1. The van der Waals surface area contributed by atoms with E-state index in [-0.39, 0.29) is 11.4 Å². The van der Waals surface area contributed by atoms with Crippen molar-refractivity contribution in [1.29, 1.82) is 0 Å². The predicted molar refractivity (Wildman–Crippen MR) is 124 cm³/mol. The highest BCUT2D eigenvalue weighted by molar-refractivity contribution is 7.59. The lowest BCUT2D eigenvalue weighted by Crippen LogP contribution is -2.11. The summed E-state index contributed by atoms with van der Waals surface area (Å²) in [5.41, 5.74) is 3.15. The number of furan rings is 1. The van der Waals surface area contributed by atoms with Crippen molar-refractivity contribution in [3.05, 3.63) is 96.7 Å². The van der Waals surface area contributed by atoms with E-state index in [2.05, 4.69) is 10.3 Å². The van der Waals surface area contributed by atoms with Crippen LogP contribution in [0.2, 0.25) is 0 Å². The van der Waals surface area contributed by atoms with Gasteiger partial charge in [-0.15, -0.1) is 0 Å². The van der Waals surface area contributed by atoms with Crippen LogP contribution in [0.5, 0.6) is 0 Å². The molecule has 0 aliphatic heterocycles. The number of carbonyl (C=O) groups is 1. The summed E-state index contributed by atoms with van der Waals surface area (Å²) in [7, 11) is -4.47. The molecule has 0 unspecified atom stereocenters. The number of amides is 1. The number of anilines is 1. The second-order valence-corrected chi connectivity index (χ2v) is 8.88. The molecule has 2 aromatic carbocycles. The molecule has 0 saturated heterocycles. The highest BCUT2D eigenvalue weighted by Gasteiger charge is 2.22. The Morgan fingerprint density at radius 1 is 0.909 bits per heavy atom. The van der Waals surface area contributed by atoms with Crippen LogP contribution in [0.3, 0.4) is 0 Å². The molecule has 33 heavy (non-hydrogen) atoms. The minimum absolute atomic E-state index is 0.249. The van der Waals surface area contributed by atoms with Crippen LogP contribution in [0.4, 0.5) is 5.82 Å². The van der Waals surface area contributed by atoms with Gasteiger partial charge in [0.15, 0.2) is 5.82 Å². The third kappa shape index (κ3) is 4.23. The van der Waals surface area contributed by atoms with Crippen LogP contribution in [0.25, 0.3) is 28.2 Å². The highest BCUT2D eigenvalue weighted by atomic mass is 31.2. The zero-order valence-electron chi connectivity index (χ0n) is 17.1. The Balaban J connectivity index is 1.49. The normalized spacial score (nSPS) is 11.6. The van der Waals surface area contributed by atoms with E-state index >= 15 is 0 Å². The van der Waals surface area contributed by atoms with Gasteiger partial charge in [-0.1, -0.05) is 42.5 Å². The fourth-order valence-electron chi connectivity index (χ4n) is 3.56. The van der Waals surface area contributed by atoms with E-state index in [1.54, 1.807) is 36.5 Å². The first-order chi connectivity index (χ1) is 15.9. The minimum Gasteiger partial charge on any atom is -0.448 e. The number of fused-ring (bicyclic) bond motifs is 1. The van der Waals surface area contributed by atoms with E-state index in [4.69, 9.17) is 4.42 Å². The van der Waals surface area contributed by atoms with Gasteiger partial charge in [0.2, 0.25) is 5.50 Å². The molecule has 0 aliphatic carbocycles. The van der Waals surface area contributed by atoms with E-state index < -0.39 is 7.60 Å². The molecule has 8 nitrogen and oxygen atoms in total. The molecule has 9 heteroatoms. The van der Waals surface area contributed by atoms with Gasteiger partial charge in [0.05, 0.1) is 11.9 Å². The first-order valence-electron chi connectivity index (χ1n) is 10.00. The van der Waals surface area contributed by atoms with Crippen LogP contribution in [-0.2, 0) is 4.57 Å². The van der Waals surface area contributed by atoms with Gasteiger partial charge in [-0.05, 0) is 48.0 Å². The van der Waals surface area contributed by atoms with Gasteiger partial charge >= 0.3 is 7.60 Å². The maximum Gasteiger partial charge on any atom is 0.391 e. The Kier molecular flexibility index (Phi) is 5.18. The molecule has 0 aliphatic rings. The predicted octanol–water partition coefficient (Wildman–Crippen LogP) is 4.32. The molecular formula is C24H18N3O5P. The Morgan fingerprint density at radius 2 is 1.67 bits per heavy atom. The van der Waals surface area contributed by atoms with Crippen LogP contribution in [0.15, 0.2) is 95.5 Å². The molecule has 5 aromatic rings. The van der Waals surface area contributed by atoms with Crippen LogP contribution in [-0.4, -0.2) is 25.1 Å². The molecule has 0 bridgehead atoms. The number of nitrogens with one attached hydrogen (secondary N) is 1. The van der Waals surface area contributed by atoms with Gasteiger partial charge in [-0.3, -0.25) is 13.8 Å². The standard InChI is InChI=1S/C24H18N3O5P/c28-24(16-6-2-1-3-7-16)26-21-15-27-19(10-5-11-22(27)25-21)17-8-4-9-18(14-17)20-12-13-23(32-20)33(29,30)31/h1-15H,(H,26,28)(H2,29,30,31). The molecule has 3 aromatic heterocycles. The number of benzene rings is 2. The topological polar surface area (TPSA) is 117 Å². The average Bonchev–Trinajstić information content (AvgIpc) is 3.47. The third-order valence-corrected chi connectivity index (χ3v) is 5.91. The Bertz CT molecular complexity index is 1520. The minimum atomic E-state index is -4.47. The summed E-state index contributed by atoms with van der Waals surface area (Å²) in [5, 5.41) is 2.82. The lowest BCUT2D eigenvalue weighted by molar-refractivity contribution is 0.102. The van der Waals surface area contributed by atoms with Crippen LogP contribution < -0.4 is 10.8 Å². The number of hydrogen-bond donors (Lipinski definition) is 3. The largest absolute Gasteiger partial charge is 0.448 e. The Labute approximate surface area is 188 Å². The number of pyridine rings is 1. The maximum absolute atomic E-state index is 12.5. The summed E-state index contributed by atoms with van der Waals surface area (Å²) < 4.78 is 18.7. The fourth-order valence-corrected chi connectivity index (χ4v) is 4.04. The quantitative estimate of drug-likeness (QED) is 0.337. The van der Waals surface area contributed by atoms with E-state index in [0.29, 0.717) is 28.4 Å². The van der Waals surface area contributed by atoms with Crippen molar-refractivity contribution in [2.75, 3.05) is 5.32 Å². The van der Waals surface area contributed by atoms with Crippen LogP contribution in [0.1, 0.15) is 10.4 Å². The molecule has 0 atom stereocenters. The summed E-state index contributed by atoms with van der Waals surface area (Å²) in [6, 6.07) is 24.7. The van der Waals surface area contributed by atoms with Gasteiger partial charge in [0, 0.05) is 11.1 Å². The summed E-state index contributed by atoms with van der Waals surface area (Å²) >= 11 is 0. The van der Waals surface area contributed by atoms with Crippen molar-refractivity contribution in [2.24, 2.45) is 0 Å². The number of rotatable bonds is 5. The zero-order chi connectivity index (χ0) is 23.0. The molecule has 0 saturated carbocycles. The Morgan fingerprint density at radius 3 is 2.42 bits per heavy atom. The summed E-state index contributed by atoms with van der Waals surface area (Å²) in [4.78, 5) is 35.6. The second-order valence-electron chi connectivity index (χ2n) is 7.35. The van der Waals surface area contributed by atoms with Crippen molar-refractivity contribution in [3.63, 3.8) is 0 Å². The highest BCUT2D eigenvalue weighted by Crippen LogP contribution is 2.36. The smallest absolute Gasteiger partial charge is 0.391 e. The van der Waals surface area contributed by atoms with Gasteiger partial charge in [0.1, 0.15) is 11.4 Å². The fraction of sp³-hybridized carbons (Fsp3) is 0. The monoisotopic (exact) mass is 459 g/mol. The van der Waals surface area contributed by atoms with Crippen molar-refractivity contribution >= 4 is 30.5 Å². The van der Waals surface area contributed by atoms with Gasteiger partial charge < -0.3 is 19.5 Å². The molecule has 3 N–H and O–H groups in total. The first-order valence-corrected chi connectivity index (χ1v) is 11.6. The SMILES string of the molecule is O=C(Nc1cn2c(-c3cccc(-c4ccc(P(=O)(O)O)o4)c3)cccc2n1)c1ccccc1.